The molecule has 0 saturated heterocycles. The lowest BCUT2D eigenvalue weighted by atomic mass is 10.0. The number of anilines is 2. The van der Waals surface area contributed by atoms with E-state index in [1.807, 2.05) is 6.92 Å². The maximum Gasteiger partial charge on any atom is 0.341 e. The topological polar surface area (TPSA) is 111 Å². The molecule has 0 fully saturated rings. The molecule has 0 spiro atoms. The summed E-state index contributed by atoms with van der Waals surface area (Å²) < 4.78 is 39.2. The lowest BCUT2D eigenvalue weighted by Crippen LogP contribution is -2.19. The van der Waals surface area contributed by atoms with Crippen molar-refractivity contribution < 1.29 is 27.5 Å². The Bertz CT molecular complexity index is 1580. The van der Waals surface area contributed by atoms with Crippen LogP contribution in [0.1, 0.15) is 34.6 Å². The fraction of sp³-hybridized carbons (Fsp3) is 0.143. The fourth-order valence-electron chi connectivity index (χ4n) is 3.72. The van der Waals surface area contributed by atoms with Gasteiger partial charge in [0, 0.05) is 16.0 Å². The number of carbonyl (C=O) groups excluding carboxylic acids is 2. The molecule has 1 amide bonds. The van der Waals surface area contributed by atoms with Gasteiger partial charge < -0.3 is 14.8 Å². The normalized spacial score (nSPS) is 11.1. The van der Waals surface area contributed by atoms with Gasteiger partial charge >= 0.3 is 5.97 Å². The number of para-hydroxylation sites is 1. The average Bonchev–Trinajstić information content (AvgIpc) is 3.33. The average molecular weight is 585 g/mol. The molecule has 39 heavy (non-hydrogen) atoms. The molecule has 2 N–H and O–H groups in total. The van der Waals surface area contributed by atoms with E-state index in [-0.39, 0.29) is 33.3 Å². The summed E-state index contributed by atoms with van der Waals surface area (Å²) >= 11 is 7.17. The van der Waals surface area contributed by atoms with E-state index >= 15 is 0 Å². The molecule has 0 atom stereocenters. The fourth-order valence-corrected chi connectivity index (χ4v) is 5.88. The largest absolute Gasteiger partial charge is 0.494 e. The van der Waals surface area contributed by atoms with E-state index in [0.29, 0.717) is 22.9 Å². The van der Waals surface area contributed by atoms with Crippen molar-refractivity contribution in [3.05, 3.63) is 94.3 Å². The summed E-state index contributed by atoms with van der Waals surface area (Å²) in [5, 5.41) is 5.31. The number of benzene rings is 3. The monoisotopic (exact) mass is 584 g/mol. The SMILES string of the molecule is CCOC(=O)c1c(-c2ccc(Cl)cc2)csc1NC(=O)c1ccccc1NS(=O)(=O)c1ccc(OCC)cc1. The van der Waals surface area contributed by atoms with Crippen LogP contribution in [0.15, 0.2) is 83.1 Å². The Hall–Kier alpha value is -3.86. The molecule has 0 saturated carbocycles. The van der Waals surface area contributed by atoms with E-state index in [2.05, 4.69) is 10.0 Å². The smallest absolute Gasteiger partial charge is 0.341 e. The second-order valence-corrected chi connectivity index (χ2v) is 11.1. The molecule has 3 aromatic carbocycles. The zero-order chi connectivity index (χ0) is 28.0. The lowest BCUT2D eigenvalue weighted by Gasteiger charge is -2.13. The number of esters is 1. The van der Waals surface area contributed by atoms with Crippen molar-refractivity contribution in [2.75, 3.05) is 23.3 Å². The van der Waals surface area contributed by atoms with Gasteiger partial charge in [-0.15, -0.1) is 11.3 Å². The summed E-state index contributed by atoms with van der Waals surface area (Å²) in [5.41, 5.74) is 1.65. The highest BCUT2D eigenvalue weighted by atomic mass is 35.5. The number of rotatable bonds is 10. The molecule has 0 aliphatic carbocycles. The van der Waals surface area contributed by atoms with Crippen LogP contribution in [0.5, 0.6) is 5.75 Å². The molecular formula is C28H25ClN2O6S2. The number of nitrogens with one attached hydrogen (secondary N) is 2. The minimum atomic E-state index is -4.01. The maximum absolute atomic E-state index is 13.4. The Kier molecular flexibility index (Phi) is 8.90. The van der Waals surface area contributed by atoms with Gasteiger partial charge in [-0.1, -0.05) is 35.9 Å². The Labute approximate surface area is 235 Å². The van der Waals surface area contributed by atoms with Gasteiger partial charge in [-0.2, -0.15) is 0 Å². The van der Waals surface area contributed by atoms with Crippen molar-refractivity contribution in [1.82, 2.24) is 0 Å². The van der Waals surface area contributed by atoms with Gasteiger partial charge in [0.25, 0.3) is 15.9 Å². The van der Waals surface area contributed by atoms with E-state index in [9.17, 15) is 18.0 Å². The number of hydrogen-bond donors (Lipinski definition) is 2. The first-order valence-corrected chi connectivity index (χ1v) is 14.7. The third-order valence-electron chi connectivity index (χ3n) is 5.51. The van der Waals surface area contributed by atoms with Crippen LogP contribution in [-0.2, 0) is 14.8 Å². The lowest BCUT2D eigenvalue weighted by molar-refractivity contribution is 0.0529. The van der Waals surface area contributed by atoms with Crippen molar-refractivity contribution in [2.45, 2.75) is 18.7 Å². The van der Waals surface area contributed by atoms with Crippen molar-refractivity contribution in [1.29, 1.82) is 0 Å². The summed E-state index contributed by atoms with van der Waals surface area (Å²) in [6.07, 6.45) is 0. The first-order chi connectivity index (χ1) is 18.7. The number of carbonyl (C=O) groups is 2. The summed E-state index contributed by atoms with van der Waals surface area (Å²) in [4.78, 5) is 26.3. The predicted molar refractivity (Wildman–Crippen MR) is 154 cm³/mol. The Morgan fingerprint density at radius 3 is 2.28 bits per heavy atom. The first-order valence-electron chi connectivity index (χ1n) is 11.9. The van der Waals surface area contributed by atoms with Crippen LogP contribution >= 0.6 is 22.9 Å². The second kappa shape index (κ2) is 12.3. The van der Waals surface area contributed by atoms with Crippen molar-refractivity contribution in [3.63, 3.8) is 0 Å². The molecule has 0 unspecified atom stereocenters. The van der Waals surface area contributed by atoms with Crippen LogP contribution in [0.25, 0.3) is 11.1 Å². The standard InChI is InChI=1S/C28H25ClN2O6S2/c1-3-36-20-13-15-21(16-14-20)39(34,35)31-24-8-6-5-7-22(24)26(32)30-27-25(28(33)37-4-2)23(17-38-27)18-9-11-19(29)12-10-18/h5-17,31H,3-4H2,1-2H3,(H,30,32). The van der Waals surface area contributed by atoms with Gasteiger partial charge in [-0.25, -0.2) is 13.2 Å². The molecule has 0 aliphatic heterocycles. The van der Waals surface area contributed by atoms with Crippen LogP contribution in [0.3, 0.4) is 0 Å². The van der Waals surface area contributed by atoms with E-state index < -0.39 is 21.9 Å². The zero-order valence-corrected chi connectivity index (χ0v) is 23.5. The summed E-state index contributed by atoms with van der Waals surface area (Å²) in [5.74, 6) is -0.652. The van der Waals surface area contributed by atoms with E-state index in [0.717, 1.165) is 16.9 Å². The summed E-state index contributed by atoms with van der Waals surface area (Å²) in [6.45, 7) is 4.13. The molecule has 4 aromatic rings. The number of halogens is 1. The molecule has 0 radical (unpaired) electrons. The number of amides is 1. The molecule has 0 aliphatic rings. The van der Waals surface area contributed by atoms with Crippen molar-refractivity contribution >= 4 is 55.5 Å². The van der Waals surface area contributed by atoms with Crippen LogP contribution in [-0.4, -0.2) is 33.5 Å². The molecule has 1 heterocycles. The van der Waals surface area contributed by atoms with Gasteiger partial charge in [-0.3, -0.25) is 9.52 Å². The minimum absolute atomic E-state index is 0.0108. The molecule has 0 bridgehead atoms. The number of sulfonamides is 1. The highest BCUT2D eigenvalue weighted by Gasteiger charge is 2.25. The van der Waals surface area contributed by atoms with Crippen LogP contribution in [0, 0.1) is 0 Å². The quantitative estimate of drug-likeness (QED) is 0.201. The highest BCUT2D eigenvalue weighted by Crippen LogP contribution is 2.37. The third-order valence-corrected chi connectivity index (χ3v) is 8.04. The first kappa shape index (κ1) is 28.2. The maximum atomic E-state index is 13.4. The molecule has 202 valence electrons. The Morgan fingerprint density at radius 2 is 1.62 bits per heavy atom. The van der Waals surface area contributed by atoms with Gasteiger partial charge in [0.05, 0.1) is 29.4 Å². The van der Waals surface area contributed by atoms with Gasteiger partial charge in [-0.05, 0) is 67.9 Å². The minimum Gasteiger partial charge on any atom is -0.494 e. The molecule has 4 rings (SSSR count). The van der Waals surface area contributed by atoms with E-state index in [4.69, 9.17) is 21.1 Å². The molecule has 11 heteroatoms. The van der Waals surface area contributed by atoms with Gasteiger partial charge in [0.15, 0.2) is 0 Å². The number of hydrogen-bond acceptors (Lipinski definition) is 7. The van der Waals surface area contributed by atoms with E-state index in [1.54, 1.807) is 60.8 Å². The van der Waals surface area contributed by atoms with Crippen molar-refractivity contribution in [3.8, 4) is 16.9 Å². The van der Waals surface area contributed by atoms with E-state index in [1.165, 1.54) is 24.3 Å². The molecule has 1 aromatic heterocycles. The predicted octanol–water partition coefficient (Wildman–Crippen LogP) is 6.70. The van der Waals surface area contributed by atoms with Crippen LogP contribution < -0.4 is 14.8 Å². The summed E-state index contributed by atoms with van der Waals surface area (Å²) in [7, 11) is -4.01. The van der Waals surface area contributed by atoms with Crippen molar-refractivity contribution in [2.24, 2.45) is 0 Å². The Morgan fingerprint density at radius 1 is 0.923 bits per heavy atom. The number of thiophene rings is 1. The number of ether oxygens (including phenoxy) is 2. The van der Waals surface area contributed by atoms with Crippen LogP contribution in [0.2, 0.25) is 5.02 Å². The summed E-state index contributed by atoms with van der Waals surface area (Å²) in [6, 6.07) is 19.1. The molecule has 8 nitrogen and oxygen atoms in total. The second-order valence-electron chi connectivity index (χ2n) is 8.09. The zero-order valence-electron chi connectivity index (χ0n) is 21.1. The highest BCUT2D eigenvalue weighted by molar-refractivity contribution is 7.92. The Balaban J connectivity index is 1.63. The molecular weight excluding hydrogens is 560 g/mol. The van der Waals surface area contributed by atoms with Gasteiger partial charge in [0.1, 0.15) is 16.3 Å². The van der Waals surface area contributed by atoms with Gasteiger partial charge in [0.2, 0.25) is 0 Å². The third kappa shape index (κ3) is 6.59. The van der Waals surface area contributed by atoms with Crippen LogP contribution in [0.4, 0.5) is 10.7 Å².